The van der Waals surface area contributed by atoms with E-state index in [4.69, 9.17) is 4.74 Å². The van der Waals surface area contributed by atoms with Gasteiger partial charge in [0.1, 0.15) is 11.5 Å². The first-order valence-electron chi connectivity index (χ1n) is 8.99. The molecule has 1 aliphatic rings. The van der Waals surface area contributed by atoms with Crippen molar-refractivity contribution in [2.75, 3.05) is 6.54 Å². The van der Waals surface area contributed by atoms with Gasteiger partial charge in [-0.3, -0.25) is 0 Å². The Balaban J connectivity index is 3.54. The summed E-state index contributed by atoms with van der Waals surface area (Å²) in [6.45, 7) is 23.7. The van der Waals surface area contributed by atoms with Gasteiger partial charge in [-0.2, -0.15) is 0 Å². The molecule has 2 nitrogen and oxygen atoms in total. The predicted octanol–water partition coefficient (Wildman–Crippen LogP) is 5.82. The average molecular weight is 308 g/mol. The summed E-state index contributed by atoms with van der Waals surface area (Å²) in [5.74, 6) is 4.17. The number of hydrogen-bond donors (Lipinski definition) is 0. The molecule has 0 saturated heterocycles. The van der Waals surface area contributed by atoms with Crippen molar-refractivity contribution in [3.63, 3.8) is 0 Å². The molecular formula is C20H37NO. The highest BCUT2D eigenvalue weighted by atomic mass is 16.5. The molecule has 0 aromatic carbocycles. The van der Waals surface area contributed by atoms with Crippen LogP contribution in [0.3, 0.4) is 0 Å². The van der Waals surface area contributed by atoms with Crippen LogP contribution in [0.25, 0.3) is 0 Å². The first-order valence-corrected chi connectivity index (χ1v) is 8.99. The van der Waals surface area contributed by atoms with Crippen LogP contribution in [0.2, 0.25) is 0 Å². The molecule has 0 radical (unpaired) electrons. The summed E-state index contributed by atoms with van der Waals surface area (Å²) in [4.78, 5) is 2.56. The van der Waals surface area contributed by atoms with E-state index in [1.54, 1.807) is 0 Å². The van der Waals surface area contributed by atoms with Crippen LogP contribution >= 0.6 is 0 Å². The molecule has 0 aromatic heterocycles. The molecule has 0 aromatic rings. The summed E-state index contributed by atoms with van der Waals surface area (Å²) in [5.41, 5.74) is 2.84. The van der Waals surface area contributed by atoms with E-state index in [9.17, 15) is 0 Å². The molecule has 0 aliphatic carbocycles. The van der Waals surface area contributed by atoms with Crippen molar-refractivity contribution in [2.24, 2.45) is 23.7 Å². The molecular weight excluding hydrogens is 270 g/mol. The van der Waals surface area contributed by atoms with E-state index < -0.39 is 0 Å². The molecule has 0 spiro atoms. The van der Waals surface area contributed by atoms with Crippen LogP contribution in [0.15, 0.2) is 22.8 Å². The molecule has 1 heterocycles. The first-order chi connectivity index (χ1) is 10.1. The van der Waals surface area contributed by atoms with Gasteiger partial charge < -0.3 is 9.64 Å². The first kappa shape index (κ1) is 19.1. The molecule has 22 heavy (non-hydrogen) atoms. The minimum atomic E-state index is 0.402. The Morgan fingerprint density at radius 3 is 1.50 bits per heavy atom. The molecule has 0 unspecified atom stereocenters. The van der Waals surface area contributed by atoms with Crippen LogP contribution in [-0.4, -0.2) is 17.5 Å². The van der Waals surface area contributed by atoms with Crippen molar-refractivity contribution in [3.8, 4) is 0 Å². The number of nitrogens with zero attached hydrogens (tertiary/aromatic N) is 1. The van der Waals surface area contributed by atoms with Crippen LogP contribution in [0, 0.1) is 23.7 Å². The van der Waals surface area contributed by atoms with Gasteiger partial charge in [-0.05, 0) is 31.3 Å². The second-order valence-electron chi connectivity index (χ2n) is 8.08. The number of rotatable bonds is 5. The van der Waals surface area contributed by atoms with Crippen LogP contribution in [0.1, 0.15) is 69.2 Å². The molecule has 128 valence electrons. The fourth-order valence-corrected chi connectivity index (χ4v) is 3.17. The predicted molar refractivity (Wildman–Crippen MR) is 96.3 cm³/mol. The minimum absolute atomic E-state index is 0.402. The molecule has 0 fully saturated rings. The zero-order valence-electron chi connectivity index (χ0n) is 16.4. The van der Waals surface area contributed by atoms with Crippen molar-refractivity contribution in [1.29, 1.82) is 0 Å². The lowest BCUT2D eigenvalue weighted by atomic mass is 9.95. The minimum Gasteiger partial charge on any atom is -0.464 e. The van der Waals surface area contributed by atoms with Crippen LogP contribution in [-0.2, 0) is 4.74 Å². The van der Waals surface area contributed by atoms with Gasteiger partial charge in [-0.1, -0.05) is 55.4 Å². The van der Waals surface area contributed by atoms with Crippen molar-refractivity contribution < 1.29 is 4.74 Å². The standard InChI is InChI=1S/C20H37NO/c1-12(2)17-11-21(16(9)10)18(13(3)4)20(15(7)8)22-19(17)14(5)6/h12-16H,11H2,1-10H3. The van der Waals surface area contributed by atoms with E-state index in [0.29, 0.717) is 29.7 Å². The number of ether oxygens (including phenoxy) is 1. The molecule has 0 atom stereocenters. The molecule has 0 bridgehead atoms. The van der Waals surface area contributed by atoms with E-state index in [-0.39, 0.29) is 0 Å². The molecule has 2 heteroatoms. The zero-order valence-corrected chi connectivity index (χ0v) is 16.4. The maximum Gasteiger partial charge on any atom is 0.125 e. The Kier molecular flexibility index (Phi) is 6.58. The Bertz CT molecular complexity index is 439. The van der Waals surface area contributed by atoms with E-state index in [0.717, 1.165) is 6.54 Å². The monoisotopic (exact) mass is 307 g/mol. The summed E-state index contributed by atoms with van der Waals surface area (Å²) >= 11 is 0. The highest BCUT2D eigenvalue weighted by molar-refractivity contribution is 5.26. The lowest BCUT2D eigenvalue weighted by molar-refractivity contribution is 0.208. The summed E-state index contributed by atoms with van der Waals surface area (Å²) in [7, 11) is 0. The van der Waals surface area contributed by atoms with Gasteiger partial charge in [-0.15, -0.1) is 0 Å². The van der Waals surface area contributed by atoms with Crippen molar-refractivity contribution >= 4 is 0 Å². The van der Waals surface area contributed by atoms with Crippen LogP contribution < -0.4 is 0 Å². The Morgan fingerprint density at radius 2 is 1.18 bits per heavy atom. The lowest BCUT2D eigenvalue weighted by Crippen LogP contribution is -2.35. The van der Waals surface area contributed by atoms with Crippen LogP contribution in [0.5, 0.6) is 0 Å². The second-order valence-corrected chi connectivity index (χ2v) is 8.08. The van der Waals surface area contributed by atoms with Gasteiger partial charge in [0.25, 0.3) is 0 Å². The molecule has 1 rings (SSSR count). The molecule has 0 amide bonds. The third-order valence-corrected chi connectivity index (χ3v) is 4.35. The Hall–Kier alpha value is -0.920. The summed E-state index contributed by atoms with van der Waals surface area (Å²) < 4.78 is 6.58. The van der Waals surface area contributed by atoms with Gasteiger partial charge in [-0.25, -0.2) is 0 Å². The normalized spacial score (nSPS) is 17.5. The van der Waals surface area contributed by atoms with Gasteiger partial charge >= 0.3 is 0 Å². The zero-order chi connectivity index (χ0) is 17.2. The third kappa shape index (κ3) is 4.08. The molecule has 0 N–H and O–H groups in total. The SMILES string of the molecule is CC(C)C1=C(C(C)C)OC(C(C)C)=C(C(C)C)N(C(C)C)C1. The maximum atomic E-state index is 6.58. The van der Waals surface area contributed by atoms with Gasteiger partial charge in [0.05, 0.1) is 5.70 Å². The third-order valence-electron chi connectivity index (χ3n) is 4.35. The Labute approximate surface area is 138 Å². The van der Waals surface area contributed by atoms with E-state index >= 15 is 0 Å². The van der Waals surface area contributed by atoms with Gasteiger partial charge in [0.15, 0.2) is 0 Å². The highest BCUT2D eigenvalue weighted by Crippen LogP contribution is 2.37. The molecule has 0 saturated carbocycles. The molecule has 1 aliphatic heterocycles. The lowest BCUT2D eigenvalue weighted by Gasteiger charge is -2.35. The van der Waals surface area contributed by atoms with Gasteiger partial charge in [0.2, 0.25) is 0 Å². The second kappa shape index (κ2) is 7.57. The smallest absolute Gasteiger partial charge is 0.125 e. The van der Waals surface area contributed by atoms with Crippen LogP contribution in [0.4, 0.5) is 0 Å². The summed E-state index contributed by atoms with van der Waals surface area (Å²) in [5, 5.41) is 0. The number of allylic oxidation sites excluding steroid dienone is 3. The summed E-state index contributed by atoms with van der Waals surface area (Å²) in [6, 6.07) is 0.481. The van der Waals surface area contributed by atoms with Crippen molar-refractivity contribution in [2.45, 2.75) is 75.3 Å². The van der Waals surface area contributed by atoms with Crippen molar-refractivity contribution in [3.05, 3.63) is 22.8 Å². The van der Waals surface area contributed by atoms with Crippen molar-refractivity contribution in [1.82, 2.24) is 4.90 Å². The largest absolute Gasteiger partial charge is 0.464 e. The Morgan fingerprint density at radius 1 is 0.682 bits per heavy atom. The fourth-order valence-electron chi connectivity index (χ4n) is 3.17. The number of hydrogen-bond acceptors (Lipinski definition) is 2. The van der Waals surface area contributed by atoms with E-state index in [1.165, 1.54) is 22.8 Å². The highest BCUT2D eigenvalue weighted by Gasteiger charge is 2.31. The topological polar surface area (TPSA) is 12.5 Å². The summed E-state index contributed by atoms with van der Waals surface area (Å²) in [6.07, 6.45) is 0. The quantitative estimate of drug-likeness (QED) is 0.635. The van der Waals surface area contributed by atoms with Gasteiger partial charge in [0, 0.05) is 24.4 Å². The van der Waals surface area contributed by atoms with E-state index in [2.05, 4.69) is 74.1 Å². The van der Waals surface area contributed by atoms with E-state index in [1.807, 2.05) is 0 Å². The maximum absolute atomic E-state index is 6.58. The fraction of sp³-hybridized carbons (Fsp3) is 0.800. The average Bonchev–Trinajstić information content (AvgIpc) is 2.55.